The lowest BCUT2D eigenvalue weighted by atomic mass is 9.94. The van der Waals surface area contributed by atoms with Crippen LogP contribution in [0.25, 0.3) is 11.3 Å². The number of halogens is 3. The van der Waals surface area contributed by atoms with Gasteiger partial charge in [-0.1, -0.05) is 6.07 Å². The standard InChI is InChI=1S/C26H29F3N6O4S/c1-16(2)39-22-11-8-18(14-31-22)20-10-9-19(25(36)34-40(37,38)23-7-3-6-21(30)33-23)24(32-20)35-12-4-5-17(15-35)13-26(27,28)29/h3,6-11,14,16-17H,4-5,12-13,15H2,1-2H3,(H2,30,33)(H,34,36). The molecule has 1 saturated heterocycles. The van der Waals surface area contributed by atoms with Crippen LogP contribution in [0.15, 0.2) is 53.7 Å². The fourth-order valence-electron chi connectivity index (χ4n) is 4.43. The second-order valence-electron chi connectivity index (χ2n) is 9.73. The molecule has 0 bridgehead atoms. The topological polar surface area (TPSA) is 140 Å². The molecule has 3 aromatic rings. The van der Waals surface area contributed by atoms with Gasteiger partial charge in [-0.2, -0.15) is 21.6 Å². The van der Waals surface area contributed by atoms with Crippen molar-refractivity contribution in [2.24, 2.45) is 5.92 Å². The smallest absolute Gasteiger partial charge is 0.389 e. The molecular weight excluding hydrogens is 549 g/mol. The van der Waals surface area contributed by atoms with E-state index >= 15 is 0 Å². The number of hydrogen-bond acceptors (Lipinski definition) is 9. The SMILES string of the molecule is CC(C)Oc1ccc(-c2ccc(C(=O)NS(=O)(=O)c3cccc(N)n3)c(N3CCCC(CC(F)(F)F)C3)n2)cn1. The predicted octanol–water partition coefficient (Wildman–Crippen LogP) is 4.20. The number of ether oxygens (including phenoxy) is 1. The van der Waals surface area contributed by atoms with Gasteiger partial charge in [0.05, 0.1) is 17.4 Å². The van der Waals surface area contributed by atoms with Crippen LogP contribution in [0.1, 0.15) is 43.5 Å². The number of pyridine rings is 3. The molecule has 40 heavy (non-hydrogen) atoms. The first-order valence-electron chi connectivity index (χ1n) is 12.6. The maximum atomic E-state index is 13.3. The van der Waals surface area contributed by atoms with Gasteiger partial charge in [0.25, 0.3) is 15.9 Å². The molecule has 3 aromatic heterocycles. The maximum Gasteiger partial charge on any atom is 0.389 e. The number of amides is 1. The maximum absolute atomic E-state index is 13.3. The third kappa shape index (κ3) is 7.37. The van der Waals surface area contributed by atoms with Crippen molar-refractivity contribution in [3.8, 4) is 17.1 Å². The van der Waals surface area contributed by atoms with E-state index in [9.17, 15) is 26.4 Å². The first-order chi connectivity index (χ1) is 18.8. The Morgan fingerprint density at radius 2 is 1.95 bits per heavy atom. The summed E-state index contributed by atoms with van der Waals surface area (Å²) in [5.41, 5.74) is 6.44. The van der Waals surface area contributed by atoms with Crippen molar-refractivity contribution >= 4 is 27.6 Å². The molecule has 1 amide bonds. The predicted molar refractivity (Wildman–Crippen MR) is 142 cm³/mol. The quantitative estimate of drug-likeness (QED) is 0.402. The minimum Gasteiger partial charge on any atom is -0.475 e. The molecule has 0 radical (unpaired) electrons. The van der Waals surface area contributed by atoms with E-state index in [1.54, 1.807) is 17.0 Å². The Kier molecular flexibility index (Phi) is 8.47. The van der Waals surface area contributed by atoms with Gasteiger partial charge in [0.1, 0.15) is 11.6 Å². The molecule has 1 unspecified atom stereocenters. The molecule has 4 heterocycles. The number of nitrogens with zero attached hydrogens (tertiary/aromatic N) is 4. The van der Waals surface area contributed by atoms with Crippen LogP contribution in [0, 0.1) is 5.92 Å². The van der Waals surface area contributed by atoms with E-state index in [4.69, 9.17) is 10.5 Å². The normalized spacial score (nSPS) is 16.1. The number of aromatic nitrogens is 3. The summed E-state index contributed by atoms with van der Waals surface area (Å²) in [5.74, 6) is -1.29. The Balaban J connectivity index is 1.69. The van der Waals surface area contributed by atoms with E-state index in [1.165, 1.54) is 36.5 Å². The second-order valence-corrected chi connectivity index (χ2v) is 11.4. The lowest BCUT2D eigenvalue weighted by Gasteiger charge is -2.35. The summed E-state index contributed by atoms with van der Waals surface area (Å²) in [6, 6.07) is 10.2. The monoisotopic (exact) mass is 578 g/mol. The van der Waals surface area contributed by atoms with Crippen LogP contribution in [0.5, 0.6) is 5.88 Å². The summed E-state index contributed by atoms with van der Waals surface area (Å²) >= 11 is 0. The van der Waals surface area contributed by atoms with Crippen LogP contribution >= 0.6 is 0 Å². The molecule has 0 aliphatic carbocycles. The summed E-state index contributed by atoms with van der Waals surface area (Å²) in [7, 11) is -4.40. The average molecular weight is 579 g/mol. The van der Waals surface area contributed by atoms with Crippen LogP contribution < -0.4 is 20.1 Å². The van der Waals surface area contributed by atoms with E-state index < -0.39 is 39.5 Å². The lowest BCUT2D eigenvalue weighted by Crippen LogP contribution is -2.40. The molecule has 214 valence electrons. The summed E-state index contributed by atoms with van der Waals surface area (Å²) in [4.78, 5) is 27.5. The van der Waals surface area contributed by atoms with Gasteiger partial charge in [-0.05, 0) is 62.9 Å². The zero-order valence-corrected chi connectivity index (χ0v) is 22.7. The number of piperidine rings is 1. The number of nitrogens with one attached hydrogen (secondary N) is 1. The summed E-state index contributed by atoms with van der Waals surface area (Å²) in [5, 5.41) is -0.454. The fourth-order valence-corrected chi connectivity index (χ4v) is 5.37. The molecule has 1 aliphatic rings. The van der Waals surface area contributed by atoms with E-state index in [2.05, 4.69) is 15.0 Å². The van der Waals surface area contributed by atoms with Gasteiger partial charge in [-0.25, -0.2) is 19.7 Å². The van der Waals surface area contributed by atoms with Gasteiger partial charge in [0.2, 0.25) is 5.88 Å². The highest BCUT2D eigenvalue weighted by Crippen LogP contribution is 2.33. The van der Waals surface area contributed by atoms with Gasteiger partial charge in [0.15, 0.2) is 5.03 Å². The molecule has 1 fully saturated rings. The van der Waals surface area contributed by atoms with Crippen molar-refractivity contribution in [2.45, 2.75) is 50.4 Å². The number of nitrogen functional groups attached to an aromatic ring is 1. The van der Waals surface area contributed by atoms with Crippen molar-refractivity contribution in [3.63, 3.8) is 0 Å². The van der Waals surface area contributed by atoms with Crippen LogP contribution in [-0.4, -0.2) is 54.6 Å². The van der Waals surface area contributed by atoms with Crippen LogP contribution in [0.2, 0.25) is 0 Å². The van der Waals surface area contributed by atoms with Gasteiger partial charge >= 0.3 is 6.18 Å². The number of carbonyl (C=O) groups excluding carboxylic acids is 1. The molecule has 1 atom stereocenters. The average Bonchev–Trinajstić information content (AvgIpc) is 2.87. The number of rotatable bonds is 8. The Morgan fingerprint density at radius 3 is 2.60 bits per heavy atom. The molecule has 0 spiro atoms. The van der Waals surface area contributed by atoms with Crippen molar-refractivity contribution in [1.82, 2.24) is 19.7 Å². The molecular formula is C26H29F3N6O4S. The van der Waals surface area contributed by atoms with Crippen LogP contribution in [0.3, 0.4) is 0 Å². The van der Waals surface area contributed by atoms with Gasteiger partial charge in [0, 0.05) is 37.3 Å². The fraction of sp³-hybridized carbons (Fsp3) is 0.385. The highest BCUT2D eigenvalue weighted by molar-refractivity contribution is 7.90. The number of carbonyl (C=O) groups is 1. The van der Waals surface area contributed by atoms with E-state index in [-0.39, 0.29) is 29.8 Å². The van der Waals surface area contributed by atoms with Crippen LogP contribution in [-0.2, 0) is 10.0 Å². The largest absolute Gasteiger partial charge is 0.475 e. The van der Waals surface area contributed by atoms with Crippen molar-refractivity contribution < 1.29 is 31.1 Å². The van der Waals surface area contributed by atoms with E-state index in [0.717, 1.165) is 0 Å². The van der Waals surface area contributed by atoms with E-state index in [0.29, 0.717) is 36.5 Å². The molecule has 3 N–H and O–H groups in total. The van der Waals surface area contributed by atoms with Crippen molar-refractivity contribution in [1.29, 1.82) is 0 Å². The molecule has 1 aliphatic heterocycles. The third-order valence-corrected chi connectivity index (χ3v) is 7.33. The van der Waals surface area contributed by atoms with Gasteiger partial charge < -0.3 is 15.4 Å². The summed E-state index contributed by atoms with van der Waals surface area (Å²) in [6.45, 7) is 4.06. The highest BCUT2D eigenvalue weighted by Gasteiger charge is 2.35. The number of nitrogens with two attached hydrogens (primary N) is 1. The zero-order chi connectivity index (χ0) is 29.1. The summed E-state index contributed by atoms with van der Waals surface area (Å²) in [6.07, 6.45) is -3.05. The first-order valence-corrected chi connectivity index (χ1v) is 14.0. The molecule has 0 saturated carbocycles. The Labute approximate surface area is 229 Å². The Morgan fingerprint density at radius 1 is 1.18 bits per heavy atom. The number of anilines is 2. The molecule has 4 rings (SSSR count). The minimum absolute atomic E-state index is 0.000810. The number of alkyl halides is 3. The minimum atomic E-state index is -4.40. The van der Waals surface area contributed by atoms with E-state index in [1.807, 2.05) is 18.6 Å². The zero-order valence-electron chi connectivity index (χ0n) is 21.9. The van der Waals surface area contributed by atoms with Crippen LogP contribution in [0.4, 0.5) is 24.8 Å². The Bertz CT molecular complexity index is 1470. The number of hydrogen-bond donors (Lipinski definition) is 2. The van der Waals surface area contributed by atoms with Crippen molar-refractivity contribution in [2.75, 3.05) is 23.7 Å². The lowest BCUT2D eigenvalue weighted by molar-refractivity contribution is -0.144. The summed E-state index contributed by atoms with van der Waals surface area (Å²) < 4.78 is 72.7. The molecule has 14 heteroatoms. The Hall–Kier alpha value is -3.94. The van der Waals surface area contributed by atoms with Gasteiger partial charge in [-0.3, -0.25) is 4.79 Å². The third-order valence-electron chi connectivity index (χ3n) is 6.09. The molecule has 10 nitrogen and oxygen atoms in total. The van der Waals surface area contributed by atoms with Gasteiger partial charge in [-0.15, -0.1) is 0 Å². The molecule has 0 aromatic carbocycles. The second kappa shape index (κ2) is 11.7. The number of sulfonamides is 1. The van der Waals surface area contributed by atoms with Crippen molar-refractivity contribution in [3.05, 3.63) is 54.2 Å². The highest BCUT2D eigenvalue weighted by atomic mass is 32.2. The first kappa shape index (κ1) is 29.1.